The number of esters is 1. The number of aromatic nitrogens is 2. The van der Waals surface area contributed by atoms with Crippen LogP contribution >= 0.6 is 0 Å². The first-order valence-corrected chi connectivity index (χ1v) is 4.40. The summed E-state index contributed by atoms with van der Waals surface area (Å²) in [5.74, 6) is -1.03. The average molecular weight is 237 g/mol. The predicted molar refractivity (Wildman–Crippen MR) is 48.7 cm³/mol. The van der Waals surface area contributed by atoms with Crippen LogP contribution in [0.2, 0.25) is 0 Å². The lowest BCUT2D eigenvalue weighted by Gasteiger charge is -2.07. The third kappa shape index (κ3) is 3.14. The summed E-state index contributed by atoms with van der Waals surface area (Å²) in [4.78, 5) is 11.1. The SMILES string of the molecule is CCOC(=O)c1cc(N)n(CC(F)(F)F)n1. The maximum Gasteiger partial charge on any atom is 0.408 e. The molecular formula is C8H10F3N3O2. The molecule has 0 bridgehead atoms. The highest BCUT2D eigenvalue weighted by atomic mass is 19.4. The molecule has 0 atom stereocenters. The number of nitrogens with zero attached hydrogens (tertiary/aromatic N) is 2. The van der Waals surface area contributed by atoms with Crippen molar-refractivity contribution in [1.29, 1.82) is 0 Å². The number of nitrogens with two attached hydrogens (primary N) is 1. The van der Waals surface area contributed by atoms with Gasteiger partial charge in [-0.25, -0.2) is 9.48 Å². The van der Waals surface area contributed by atoms with Crippen molar-refractivity contribution in [2.45, 2.75) is 19.6 Å². The Hall–Kier alpha value is -1.73. The fourth-order valence-electron chi connectivity index (χ4n) is 1.03. The van der Waals surface area contributed by atoms with Gasteiger partial charge in [0.1, 0.15) is 12.4 Å². The van der Waals surface area contributed by atoms with Crippen molar-refractivity contribution in [3.8, 4) is 0 Å². The smallest absolute Gasteiger partial charge is 0.408 e. The van der Waals surface area contributed by atoms with Crippen LogP contribution in [0, 0.1) is 0 Å². The number of anilines is 1. The van der Waals surface area contributed by atoms with E-state index in [0.29, 0.717) is 4.68 Å². The summed E-state index contributed by atoms with van der Waals surface area (Å²) >= 11 is 0. The third-order valence-corrected chi connectivity index (χ3v) is 1.62. The highest BCUT2D eigenvalue weighted by Gasteiger charge is 2.30. The number of carbonyl (C=O) groups is 1. The molecule has 0 unspecified atom stereocenters. The van der Waals surface area contributed by atoms with Gasteiger partial charge >= 0.3 is 12.1 Å². The minimum absolute atomic E-state index is 0.116. The molecule has 5 nitrogen and oxygen atoms in total. The van der Waals surface area contributed by atoms with Gasteiger partial charge < -0.3 is 10.5 Å². The van der Waals surface area contributed by atoms with Gasteiger partial charge in [0.2, 0.25) is 0 Å². The van der Waals surface area contributed by atoms with E-state index in [1.54, 1.807) is 6.92 Å². The first-order valence-electron chi connectivity index (χ1n) is 4.40. The highest BCUT2D eigenvalue weighted by Crippen LogP contribution is 2.19. The summed E-state index contributed by atoms with van der Waals surface area (Å²) in [7, 11) is 0. The number of alkyl halides is 3. The monoisotopic (exact) mass is 237 g/mol. The van der Waals surface area contributed by atoms with Gasteiger partial charge in [-0.1, -0.05) is 0 Å². The zero-order valence-corrected chi connectivity index (χ0v) is 8.41. The molecule has 16 heavy (non-hydrogen) atoms. The zero-order valence-electron chi connectivity index (χ0n) is 8.41. The topological polar surface area (TPSA) is 70.1 Å². The lowest BCUT2D eigenvalue weighted by molar-refractivity contribution is -0.142. The van der Waals surface area contributed by atoms with Crippen LogP contribution in [-0.2, 0) is 11.3 Å². The molecule has 0 saturated carbocycles. The van der Waals surface area contributed by atoms with Crippen molar-refractivity contribution in [1.82, 2.24) is 9.78 Å². The molecule has 0 aliphatic carbocycles. The van der Waals surface area contributed by atoms with Crippen LogP contribution in [0.4, 0.5) is 19.0 Å². The Kier molecular flexibility index (Phi) is 3.41. The second kappa shape index (κ2) is 4.42. The van der Waals surface area contributed by atoms with E-state index in [1.807, 2.05) is 0 Å². The van der Waals surface area contributed by atoms with Crippen molar-refractivity contribution in [2.24, 2.45) is 0 Å². The lowest BCUT2D eigenvalue weighted by atomic mass is 10.4. The number of carbonyl (C=O) groups excluding carboxylic acids is 1. The summed E-state index contributed by atoms with van der Waals surface area (Å²) in [6.45, 7) is 0.358. The Morgan fingerprint density at radius 3 is 2.75 bits per heavy atom. The summed E-state index contributed by atoms with van der Waals surface area (Å²) in [5.41, 5.74) is 5.04. The molecule has 1 aromatic heterocycles. The molecule has 0 aliphatic rings. The zero-order chi connectivity index (χ0) is 12.3. The quantitative estimate of drug-likeness (QED) is 0.802. The van der Waals surface area contributed by atoms with Crippen molar-refractivity contribution in [2.75, 3.05) is 12.3 Å². The summed E-state index contributed by atoms with van der Waals surface area (Å²) in [6.07, 6.45) is -4.44. The van der Waals surface area contributed by atoms with Crippen molar-refractivity contribution < 1.29 is 22.7 Å². The molecule has 0 fully saturated rings. The predicted octanol–water partition coefficient (Wildman–Crippen LogP) is 1.20. The standard InChI is InChI=1S/C8H10F3N3O2/c1-2-16-7(15)5-3-6(12)14(13-5)4-8(9,10)11/h3H,2,4,12H2,1H3. The molecule has 0 aliphatic heterocycles. The molecule has 8 heteroatoms. The number of rotatable bonds is 3. The largest absolute Gasteiger partial charge is 0.461 e. The van der Waals surface area contributed by atoms with E-state index in [9.17, 15) is 18.0 Å². The van der Waals surface area contributed by atoms with E-state index in [1.165, 1.54) is 0 Å². The molecule has 90 valence electrons. The summed E-state index contributed by atoms with van der Waals surface area (Å²) < 4.78 is 41.2. The molecular weight excluding hydrogens is 227 g/mol. The lowest BCUT2D eigenvalue weighted by Crippen LogP contribution is -2.20. The fourth-order valence-corrected chi connectivity index (χ4v) is 1.03. The minimum Gasteiger partial charge on any atom is -0.461 e. The number of ether oxygens (including phenoxy) is 1. The maximum absolute atomic E-state index is 12.0. The second-order valence-electron chi connectivity index (χ2n) is 2.95. The Labute approximate surface area is 89.0 Å². The molecule has 1 aromatic rings. The van der Waals surface area contributed by atoms with Gasteiger partial charge in [-0.2, -0.15) is 18.3 Å². The number of hydrogen-bond donors (Lipinski definition) is 1. The Balaban J connectivity index is 2.86. The van der Waals surface area contributed by atoms with Crippen molar-refractivity contribution >= 4 is 11.8 Å². The molecule has 0 saturated heterocycles. The molecule has 0 radical (unpaired) electrons. The van der Waals surface area contributed by atoms with Gasteiger partial charge in [0.25, 0.3) is 0 Å². The van der Waals surface area contributed by atoms with Gasteiger partial charge in [-0.05, 0) is 6.92 Å². The average Bonchev–Trinajstić information content (AvgIpc) is 2.45. The fraction of sp³-hybridized carbons (Fsp3) is 0.500. The Bertz CT molecular complexity index is 386. The molecule has 2 N–H and O–H groups in total. The van der Waals surface area contributed by atoms with Crippen LogP contribution in [0.25, 0.3) is 0 Å². The third-order valence-electron chi connectivity index (χ3n) is 1.62. The summed E-state index contributed by atoms with van der Waals surface area (Å²) in [6, 6.07) is 1.05. The molecule has 0 amide bonds. The van der Waals surface area contributed by atoms with Gasteiger partial charge in [-0.15, -0.1) is 0 Å². The van der Waals surface area contributed by atoms with Crippen molar-refractivity contribution in [3.63, 3.8) is 0 Å². The van der Waals surface area contributed by atoms with Crippen LogP contribution in [0.5, 0.6) is 0 Å². The maximum atomic E-state index is 12.0. The van der Waals surface area contributed by atoms with Gasteiger partial charge in [0, 0.05) is 6.07 Å². The first kappa shape index (κ1) is 12.3. The van der Waals surface area contributed by atoms with Crippen LogP contribution in [-0.4, -0.2) is 28.5 Å². The van der Waals surface area contributed by atoms with E-state index in [0.717, 1.165) is 6.07 Å². The first-order chi connectivity index (χ1) is 7.33. The van der Waals surface area contributed by atoms with Gasteiger partial charge in [0.15, 0.2) is 5.69 Å². The van der Waals surface area contributed by atoms with E-state index >= 15 is 0 Å². The van der Waals surface area contributed by atoms with Crippen molar-refractivity contribution in [3.05, 3.63) is 11.8 Å². The normalized spacial score (nSPS) is 11.5. The van der Waals surface area contributed by atoms with Crippen LogP contribution in [0.15, 0.2) is 6.07 Å². The van der Waals surface area contributed by atoms with E-state index in [2.05, 4.69) is 9.84 Å². The number of hydrogen-bond acceptors (Lipinski definition) is 4. The van der Waals surface area contributed by atoms with Gasteiger partial charge in [-0.3, -0.25) is 0 Å². The van der Waals surface area contributed by atoms with Crippen LogP contribution in [0.3, 0.4) is 0 Å². The molecule has 1 rings (SSSR count). The van der Waals surface area contributed by atoms with E-state index in [-0.39, 0.29) is 18.1 Å². The summed E-state index contributed by atoms with van der Waals surface area (Å²) in [5, 5.41) is 3.41. The second-order valence-corrected chi connectivity index (χ2v) is 2.95. The van der Waals surface area contributed by atoms with E-state index < -0.39 is 18.7 Å². The van der Waals surface area contributed by atoms with E-state index in [4.69, 9.17) is 5.73 Å². The van der Waals surface area contributed by atoms with Gasteiger partial charge in [0.05, 0.1) is 6.61 Å². The minimum atomic E-state index is -4.44. The highest BCUT2D eigenvalue weighted by molar-refractivity contribution is 5.88. The molecule has 1 heterocycles. The Morgan fingerprint density at radius 2 is 2.25 bits per heavy atom. The number of halogens is 3. The Morgan fingerprint density at radius 1 is 1.62 bits per heavy atom. The molecule has 0 aromatic carbocycles. The number of nitrogen functional groups attached to an aromatic ring is 1. The molecule has 0 spiro atoms. The van der Waals surface area contributed by atoms with Crippen LogP contribution < -0.4 is 5.73 Å². The van der Waals surface area contributed by atoms with Crippen LogP contribution in [0.1, 0.15) is 17.4 Å².